The van der Waals surface area contributed by atoms with Crippen molar-refractivity contribution in [3.63, 3.8) is 0 Å². The van der Waals surface area contributed by atoms with Crippen molar-refractivity contribution in [2.24, 2.45) is 0 Å². The fourth-order valence-corrected chi connectivity index (χ4v) is 4.33. The van der Waals surface area contributed by atoms with E-state index in [1.807, 2.05) is 31.5 Å². The lowest BCUT2D eigenvalue weighted by atomic mass is 10.1. The molecule has 5 heterocycles. The molecule has 2 aliphatic heterocycles. The summed E-state index contributed by atoms with van der Waals surface area (Å²) >= 11 is 0. The zero-order valence-electron chi connectivity index (χ0n) is 19.3. The fourth-order valence-electron chi connectivity index (χ4n) is 4.33. The van der Waals surface area contributed by atoms with Gasteiger partial charge in [-0.25, -0.2) is 19.2 Å². The number of halogens is 1. The number of amides is 2. The molecule has 0 saturated carbocycles. The van der Waals surface area contributed by atoms with Crippen LogP contribution in [0.1, 0.15) is 33.2 Å². The van der Waals surface area contributed by atoms with Gasteiger partial charge in [-0.1, -0.05) is 0 Å². The third-order valence-electron chi connectivity index (χ3n) is 6.08. The van der Waals surface area contributed by atoms with E-state index in [0.29, 0.717) is 42.9 Å². The van der Waals surface area contributed by atoms with E-state index in [2.05, 4.69) is 25.6 Å². The number of pyridine rings is 1. The third-order valence-corrected chi connectivity index (χ3v) is 6.08. The number of urea groups is 1. The van der Waals surface area contributed by atoms with Gasteiger partial charge in [0.1, 0.15) is 17.8 Å². The Morgan fingerprint density at radius 1 is 1.26 bits per heavy atom. The standard InChI is InChI=1S/C22H28FN9O2/c1-12(2)32-16-8-19(25-9-14(16)20(29-32)31-10-13(3)26-22(31)34)27-18-4-6-24-21(28-18)30-7-5-17(33)15(23)11-30/h4,6,8-9,12-13,15,17,33H,5,7,10-11H2,1-3H3,(H,26,34)(H,24,25,27,28). The quantitative estimate of drug-likeness (QED) is 0.520. The summed E-state index contributed by atoms with van der Waals surface area (Å²) in [5.74, 6) is 2.05. The summed E-state index contributed by atoms with van der Waals surface area (Å²) in [6.45, 7) is 7.08. The van der Waals surface area contributed by atoms with Gasteiger partial charge in [0, 0.05) is 43.6 Å². The Bertz CT molecular complexity index is 1220. The fraction of sp³-hybridized carbons (Fsp3) is 0.500. The zero-order chi connectivity index (χ0) is 24.0. The van der Waals surface area contributed by atoms with Crippen LogP contribution in [0, 0.1) is 0 Å². The summed E-state index contributed by atoms with van der Waals surface area (Å²) in [7, 11) is 0. The summed E-state index contributed by atoms with van der Waals surface area (Å²) in [5, 5.41) is 21.2. The topological polar surface area (TPSA) is 124 Å². The molecule has 2 saturated heterocycles. The SMILES string of the molecule is CC1CN(c2nn(C(C)C)c3cc(Nc4ccnc(N5CCC(O)C(F)C5)n4)ncc23)C(=O)N1. The number of alkyl halides is 1. The first-order valence-corrected chi connectivity index (χ1v) is 11.4. The van der Waals surface area contributed by atoms with Gasteiger partial charge in [-0.2, -0.15) is 10.1 Å². The van der Waals surface area contributed by atoms with E-state index in [1.165, 1.54) is 0 Å². The Hall–Kier alpha value is -3.54. The number of nitrogens with one attached hydrogen (secondary N) is 2. The molecule has 5 rings (SSSR count). The van der Waals surface area contributed by atoms with Gasteiger partial charge in [-0.05, 0) is 33.3 Å². The highest BCUT2D eigenvalue weighted by Crippen LogP contribution is 2.31. The minimum atomic E-state index is -1.33. The zero-order valence-corrected chi connectivity index (χ0v) is 19.3. The van der Waals surface area contributed by atoms with Crippen molar-refractivity contribution in [2.75, 3.05) is 34.8 Å². The van der Waals surface area contributed by atoms with Gasteiger partial charge in [0.2, 0.25) is 5.95 Å². The Morgan fingerprint density at radius 2 is 2.09 bits per heavy atom. The minimum Gasteiger partial charge on any atom is -0.390 e. The monoisotopic (exact) mass is 469 g/mol. The maximum absolute atomic E-state index is 14.0. The molecule has 2 fully saturated rings. The van der Waals surface area contributed by atoms with Gasteiger partial charge in [0.25, 0.3) is 0 Å². The van der Waals surface area contributed by atoms with Crippen LogP contribution in [0.5, 0.6) is 0 Å². The van der Waals surface area contributed by atoms with Gasteiger partial charge < -0.3 is 20.6 Å². The summed E-state index contributed by atoms with van der Waals surface area (Å²) in [4.78, 5) is 29.1. The van der Waals surface area contributed by atoms with Gasteiger partial charge in [-0.15, -0.1) is 0 Å². The van der Waals surface area contributed by atoms with Crippen LogP contribution in [0.25, 0.3) is 10.9 Å². The molecule has 0 bridgehead atoms. The summed E-state index contributed by atoms with van der Waals surface area (Å²) < 4.78 is 15.8. The molecule has 0 radical (unpaired) electrons. The van der Waals surface area contributed by atoms with E-state index in [9.17, 15) is 14.3 Å². The van der Waals surface area contributed by atoms with Crippen LogP contribution in [-0.2, 0) is 0 Å². The largest absolute Gasteiger partial charge is 0.390 e. The predicted octanol–water partition coefficient (Wildman–Crippen LogP) is 2.37. The molecule has 12 heteroatoms. The number of rotatable bonds is 5. The van der Waals surface area contributed by atoms with Crippen molar-refractivity contribution in [1.29, 1.82) is 0 Å². The van der Waals surface area contributed by atoms with Crippen molar-refractivity contribution in [2.45, 2.75) is 51.6 Å². The number of anilines is 4. The molecule has 3 aromatic rings. The van der Waals surface area contributed by atoms with E-state index < -0.39 is 12.3 Å². The Labute approximate surface area is 196 Å². The van der Waals surface area contributed by atoms with E-state index in [1.54, 1.807) is 28.3 Å². The van der Waals surface area contributed by atoms with Crippen LogP contribution in [0.15, 0.2) is 24.5 Å². The molecule has 180 valence electrons. The summed E-state index contributed by atoms with van der Waals surface area (Å²) in [5.41, 5.74) is 0.842. The third kappa shape index (κ3) is 4.09. The lowest BCUT2D eigenvalue weighted by molar-refractivity contribution is 0.0612. The van der Waals surface area contributed by atoms with Crippen LogP contribution in [-0.4, -0.2) is 73.8 Å². The average molecular weight is 470 g/mol. The normalized spacial score (nSPS) is 23.1. The van der Waals surface area contributed by atoms with Gasteiger partial charge >= 0.3 is 6.03 Å². The molecular formula is C22H28FN9O2. The number of nitrogens with zero attached hydrogens (tertiary/aromatic N) is 7. The lowest BCUT2D eigenvalue weighted by Gasteiger charge is -2.32. The van der Waals surface area contributed by atoms with Crippen molar-refractivity contribution in [1.82, 2.24) is 30.0 Å². The number of aliphatic hydroxyl groups is 1. The second-order valence-corrected chi connectivity index (χ2v) is 9.09. The number of aliphatic hydroxyl groups excluding tert-OH is 1. The number of hydrogen-bond donors (Lipinski definition) is 3. The molecule has 3 aromatic heterocycles. The number of carbonyl (C=O) groups is 1. The highest BCUT2D eigenvalue weighted by molar-refractivity contribution is 6.02. The molecule has 0 aliphatic carbocycles. The van der Waals surface area contributed by atoms with Crippen LogP contribution in [0.4, 0.5) is 32.6 Å². The molecule has 3 N–H and O–H groups in total. The van der Waals surface area contributed by atoms with Gasteiger partial charge in [0.05, 0.1) is 23.6 Å². The van der Waals surface area contributed by atoms with Crippen LogP contribution in [0.2, 0.25) is 0 Å². The molecular weight excluding hydrogens is 441 g/mol. The first kappa shape index (κ1) is 22.3. The minimum absolute atomic E-state index is 0.0449. The number of fused-ring (bicyclic) bond motifs is 1. The summed E-state index contributed by atoms with van der Waals surface area (Å²) in [6, 6.07) is 3.54. The lowest BCUT2D eigenvalue weighted by Crippen LogP contribution is -2.45. The van der Waals surface area contributed by atoms with Gasteiger partial charge in [-0.3, -0.25) is 9.58 Å². The number of piperidine rings is 1. The van der Waals surface area contributed by atoms with E-state index in [0.717, 1.165) is 10.9 Å². The molecule has 34 heavy (non-hydrogen) atoms. The van der Waals surface area contributed by atoms with E-state index >= 15 is 0 Å². The smallest absolute Gasteiger partial charge is 0.323 e. The molecule has 3 unspecified atom stereocenters. The van der Waals surface area contributed by atoms with Crippen LogP contribution >= 0.6 is 0 Å². The number of hydrogen-bond acceptors (Lipinski definition) is 8. The highest BCUT2D eigenvalue weighted by Gasteiger charge is 2.31. The van der Waals surface area contributed by atoms with E-state index in [-0.39, 0.29) is 24.7 Å². The second-order valence-electron chi connectivity index (χ2n) is 9.09. The van der Waals surface area contributed by atoms with Crippen molar-refractivity contribution >= 4 is 40.3 Å². The van der Waals surface area contributed by atoms with E-state index in [4.69, 9.17) is 5.10 Å². The molecule has 11 nitrogen and oxygen atoms in total. The Balaban J connectivity index is 1.43. The van der Waals surface area contributed by atoms with Crippen molar-refractivity contribution in [3.05, 3.63) is 24.5 Å². The maximum Gasteiger partial charge on any atom is 0.323 e. The van der Waals surface area contributed by atoms with Gasteiger partial charge in [0.15, 0.2) is 5.82 Å². The van der Waals surface area contributed by atoms with Crippen molar-refractivity contribution < 1.29 is 14.3 Å². The molecule has 0 spiro atoms. The number of aromatic nitrogens is 5. The first-order chi connectivity index (χ1) is 16.3. The Kier molecular flexibility index (Phi) is 5.68. The predicted molar refractivity (Wildman–Crippen MR) is 126 cm³/mol. The Morgan fingerprint density at radius 3 is 2.79 bits per heavy atom. The molecule has 3 atom stereocenters. The second kappa shape index (κ2) is 8.67. The highest BCUT2D eigenvalue weighted by atomic mass is 19.1. The molecule has 2 amide bonds. The first-order valence-electron chi connectivity index (χ1n) is 11.4. The summed E-state index contributed by atoms with van der Waals surface area (Å²) in [6.07, 6.45) is 1.36. The number of carbonyl (C=O) groups excluding carboxylic acids is 1. The molecule has 0 aromatic carbocycles. The van der Waals surface area contributed by atoms with Crippen LogP contribution in [0.3, 0.4) is 0 Å². The maximum atomic E-state index is 14.0. The van der Waals surface area contributed by atoms with Crippen molar-refractivity contribution in [3.8, 4) is 0 Å². The molecule has 2 aliphatic rings. The average Bonchev–Trinajstić information content (AvgIpc) is 3.34. The van der Waals surface area contributed by atoms with Crippen LogP contribution < -0.4 is 20.4 Å².